The lowest BCUT2D eigenvalue weighted by Gasteiger charge is -2.33. The highest BCUT2D eigenvalue weighted by atomic mass is 19.1. The number of nitrogens with zero attached hydrogens (tertiary/aromatic N) is 3. The van der Waals surface area contributed by atoms with Crippen molar-refractivity contribution in [3.8, 4) is 11.5 Å². The van der Waals surface area contributed by atoms with Gasteiger partial charge in [-0.2, -0.15) is 0 Å². The lowest BCUT2D eigenvalue weighted by molar-refractivity contribution is -0.136. The van der Waals surface area contributed by atoms with Crippen LogP contribution in [0.3, 0.4) is 0 Å². The fraction of sp³-hybridized carbons (Fsp3) is 0.312. The Morgan fingerprint density at radius 3 is 2.43 bits per heavy atom. The van der Waals surface area contributed by atoms with Crippen LogP contribution in [0.2, 0.25) is 0 Å². The first kappa shape index (κ1) is 27.5. The van der Waals surface area contributed by atoms with Gasteiger partial charge in [0.1, 0.15) is 17.6 Å². The maximum atomic E-state index is 14.7. The van der Waals surface area contributed by atoms with E-state index < -0.39 is 23.6 Å². The number of likely N-dealkylation sites (tertiary alicyclic amines) is 1. The summed E-state index contributed by atoms with van der Waals surface area (Å²) >= 11 is 0. The number of nitrogens with one attached hydrogen (secondary N) is 1. The monoisotopic (exact) mass is 570 g/mol. The molecule has 0 aliphatic carbocycles. The first-order valence-corrected chi connectivity index (χ1v) is 13.9. The molecular weight excluding hydrogens is 542 g/mol. The van der Waals surface area contributed by atoms with Crippen molar-refractivity contribution >= 4 is 23.4 Å². The number of rotatable bonds is 6. The van der Waals surface area contributed by atoms with Gasteiger partial charge in [0.2, 0.25) is 11.8 Å². The Balaban J connectivity index is 1.08. The number of hydrogen-bond donors (Lipinski definition) is 1. The highest BCUT2D eigenvalue weighted by Gasteiger charge is 2.41. The molecule has 8 nitrogen and oxygen atoms in total. The number of hydrogen-bond acceptors (Lipinski definition) is 5. The van der Waals surface area contributed by atoms with Crippen molar-refractivity contribution in [3.63, 3.8) is 0 Å². The van der Waals surface area contributed by atoms with Crippen LogP contribution in [-0.2, 0) is 22.7 Å². The van der Waals surface area contributed by atoms with E-state index in [1.165, 1.54) is 29.2 Å². The second-order valence-electron chi connectivity index (χ2n) is 10.9. The van der Waals surface area contributed by atoms with Gasteiger partial charge in [-0.25, -0.2) is 13.6 Å². The van der Waals surface area contributed by atoms with E-state index in [0.29, 0.717) is 17.9 Å². The van der Waals surface area contributed by atoms with Crippen molar-refractivity contribution in [2.75, 3.05) is 13.1 Å². The lowest BCUT2D eigenvalue weighted by atomic mass is 9.85. The van der Waals surface area contributed by atoms with E-state index in [-0.39, 0.29) is 48.6 Å². The number of halogens is 2. The largest absolute Gasteiger partial charge is 0.454 e. The Morgan fingerprint density at radius 2 is 1.74 bits per heavy atom. The molecule has 3 aromatic rings. The predicted octanol–water partition coefficient (Wildman–Crippen LogP) is 5.45. The van der Waals surface area contributed by atoms with Crippen molar-refractivity contribution in [1.29, 1.82) is 0 Å². The van der Waals surface area contributed by atoms with Crippen LogP contribution in [0.25, 0.3) is 4.85 Å². The average molecular weight is 571 g/mol. The second-order valence-corrected chi connectivity index (χ2v) is 10.9. The first-order valence-electron chi connectivity index (χ1n) is 13.9. The van der Waals surface area contributed by atoms with Crippen LogP contribution < -0.4 is 10.1 Å². The maximum absolute atomic E-state index is 14.7. The molecule has 1 N–H and O–H groups in total. The highest BCUT2D eigenvalue weighted by molar-refractivity contribution is 6.05. The summed E-state index contributed by atoms with van der Waals surface area (Å²) < 4.78 is 34.5. The molecule has 214 valence electrons. The van der Waals surface area contributed by atoms with Crippen molar-refractivity contribution < 1.29 is 27.9 Å². The Hall–Kier alpha value is -4.62. The summed E-state index contributed by atoms with van der Waals surface area (Å²) in [5.74, 6) is -1.61. The molecule has 2 saturated heterocycles. The summed E-state index contributed by atoms with van der Waals surface area (Å²) in [4.78, 5) is 44.2. The third-order valence-electron chi connectivity index (χ3n) is 8.28. The third-order valence-corrected chi connectivity index (χ3v) is 8.28. The Morgan fingerprint density at radius 1 is 0.976 bits per heavy atom. The molecule has 2 fully saturated rings. The van der Waals surface area contributed by atoms with Crippen LogP contribution in [-0.4, -0.2) is 46.7 Å². The van der Waals surface area contributed by atoms with Gasteiger partial charge in [-0.3, -0.25) is 24.6 Å². The quantitative estimate of drug-likeness (QED) is 0.315. The number of ether oxygens (including phenoxy) is 1. The number of piperidine rings is 2. The van der Waals surface area contributed by atoms with E-state index in [1.807, 2.05) is 12.1 Å². The summed E-state index contributed by atoms with van der Waals surface area (Å²) in [7, 11) is 0. The third kappa shape index (κ3) is 5.48. The SMILES string of the molecule is [C-]#[N+]c1ccc(Oc2ccc(CN3CCC(c4cc(F)cc5c4CN(C4CCC(=O)NC4=O)C5=O)CC3)cc2)c(F)c1. The van der Waals surface area contributed by atoms with Gasteiger partial charge in [0.25, 0.3) is 5.91 Å². The van der Waals surface area contributed by atoms with Gasteiger partial charge in [0.05, 0.1) is 6.57 Å². The summed E-state index contributed by atoms with van der Waals surface area (Å²) in [5, 5.41) is 2.31. The molecule has 0 bridgehead atoms. The van der Waals surface area contributed by atoms with Gasteiger partial charge in [-0.15, -0.1) is 0 Å². The summed E-state index contributed by atoms with van der Waals surface area (Å²) in [6.07, 6.45) is 2.02. The number of amides is 3. The van der Waals surface area contributed by atoms with Gasteiger partial charge in [-0.05, 0) is 91.4 Å². The van der Waals surface area contributed by atoms with E-state index >= 15 is 0 Å². The molecule has 0 aromatic heterocycles. The molecule has 42 heavy (non-hydrogen) atoms. The maximum Gasteiger partial charge on any atom is 0.255 e. The predicted molar refractivity (Wildman–Crippen MR) is 149 cm³/mol. The molecule has 3 amide bonds. The van der Waals surface area contributed by atoms with Crippen LogP contribution in [0.5, 0.6) is 11.5 Å². The van der Waals surface area contributed by atoms with Crippen LogP contribution in [0.4, 0.5) is 14.5 Å². The minimum Gasteiger partial charge on any atom is -0.454 e. The topological polar surface area (TPSA) is 83.3 Å². The van der Waals surface area contributed by atoms with Crippen LogP contribution >= 0.6 is 0 Å². The molecule has 3 aliphatic heterocycles. The Kier molecular flexibility index (Phi) is 7.43. The molecule has 0 saturated carbocycles. The number of fused-ring (bicyclic) bond motifs is 1. The minimum atomic E-state index is -0.735. The lowest BCUT2D eigenvalue weighted by Crippen LogP contribution is -2.52. The summed E-state index contributed by atoms with van der Waals surface area (Å²) in [6.45, 7) is 9.50. The van der Waals surface area contributed by atoms with Gasteiger partial charge >= 0.3 is 0 Å². The fourth-order valence-electron chi connectivity index (χ4n) is 6.11. The number of imide groups is 1. The Bertz CT molecular complexity index is 1610. The number of carbonyl (C=O) groups is 3. The van der Waals surface area contributed by atoms with Gasteiger partial charge < -0.3 is 9.64 Å². The van der Waals surface area contributed by atoms with E-state index in [0.717, 1.165) is 48.7 Å². The van der Waals surface area contributed by atoms with E-state index in [4.69, 9.17) is 11.3 Å². The molecule has 10 heteroatoms. The molecule has 6 rings (SSSR count). The van der Waals surface area contributed by atoms with Crippen LogP contribution in [0, 0.1) is 18.2 Å². The van der Waals surface area contributed by atoms with Crippen molar-refractivity contribution in [2.24, 2.45) is 0 Å². The molecule has 0 radical (unpaired) electrons. The van der Waals surface area contributed by atoms with Crippen molar-refractivity contribution in [1.82, 2.24) is 15.1 Å². The number of carbonyl (C=O) groups excluding carboxylic acids is 3. The molecule has 3 heterocycles. The summed E-state index contributed by atoms with van der Waals surface area (Å²) in [5.41, 5.74) is 3.19. The van der Waals surface area contributed by atoms with Crippen molar-refractivity contribution in [2.45, 2.75) is 50.7 Å². The van der Waals surface area contributed by atoms with Crippen molar-refractivity contribution in [3.05, 3.63) is 99.9 Å². The zero-order valence-corrected chi connectivity index (χ0v) is 22.7. The average Bonchev–Trinajstić information content (AvgIpc) is 3.30. The molecule has 3 aromatic carbocycles. The molecule has 1 atom stereocenters. The van der Waals surface area contributed by atoms with E-state index in [9.17, 15) is 23.2 Å². The zero-order chi connectivity index (χ0) is 29.4. The second kappa shape index (κ2) is 11.3. The minimum absolute atomic E-state index is 0.0583. The van der Waals surface area contributed by atoms with E-state index in [1.54, 1.807) is 12.1 Å². The zero-order valence-electron chi connectivity index (χ0n) is 22.7. The molecule has 0 spiro atoms. The van der Waals surface area contributed by atoms with Crippen LogP contribution in [0.1, 0.15) is 58.6 Å². The van der Waals surface area contributed by atoms with Gasteiger partial charge in [-0.1, -0.05) is 18.2 Å². The fourth-order valence-corrected chi connectivity index (χ4v) is 6.11. The number of benzene rings is 3. The van der Waals surface area contributed by atoms with Gasteiger partial charge in [0.15, 0.2) is 17.3 Å². The molecule has 1 unspecified atom stereocenters. The highest BCUT2D eigenvalue weighted by Crippen LogP contribution is 2.38. The van der Waals surface area contributed by atoms with Crippen LogP contribution in [0.15, 0.2) is 54.6 Å². The Labute approximate surface area is 241 Å². The van der Waals surface area contributed by atoms with E-state index in [2.05, 4.69) is 15.1 Å². The molecular formula is C32H28F2N4O4. The smallest absolute Gasteiger partial charge is 0.255 e. The van der Waals surface area contributed by atoms with Gasteiger partial charge in [0, 0.05) is 25.1 Å². The normalized spacial score (nSPS) is 19.4. The first-order chi connectivity index (χ1) is 20.3. The summed E-state index contributed by atoms with van der Waals surface area (Å²) in [6, 6.07) is 13.6. The molecule has 3 aliphatic rings. The standard InChI is InChI=1S/C32H28F2N4O4/c1-35-22-4-8-29(27(34)16-22)42-23-5-2-19(3-6-23)17-37-12-10-20(11-13-37)24-14-21(33)15-25-26(24)18-38(32(25)41)28-7-9-30(39)36-31(28)40/h2-6,8,14-16,20,28H,7,9-13,17-18H2,(H,36,39,40).